The first kappa shape index (κ1) is 21.3. The topological polar surface area (TPSA) is 21.2 Å². The predicted octanol–water partition coefficient (Wildman–Crippen LogP) is 6.77. The Bertz CT molecular complexity index is 1500. The molecule has 3 aromatic heterocycles. The van der Waals surface area contributed by atoms with Gasteiger partial charge in [0.1, 0.15) is 5.52 Å². The van der Waals surface area contributed by atoms with Crippen molar-refractivity contribution in [2.75, 3.05) is 0 Å². The first-order valence-corrected chi connectivity index (χ1v) is 18.8. The second kappa shape index (κ2) is 6.99. The van der Waals surface area contributed by atoms with E-state index in [0.29, 0.717) is 5.16 Å². The lowest BCUT2D eigenvalue weighted by Gasteiger charge is -2.39. The zero-order valence-corrected chi connectivity index (χ0v) is 22.6. The van der Waals surface area contributed by atoms with Crippen LogP contribution < -0.4 is 4.57 Å². The fraction of sp³-hybridized carbons (Fsp3) is 0.333. The van der Waals surface area contributed by atoms with Crippen molar-refractivity contribution in [3.8, 4) is 0 Å². The maximum Gasteiger partial charge on any atom is 0.297 e. The number of hydrogen-bond donors (Lipinski definition) is 0. The minimum Gasteiger partial charge on any atom is -0.255 e. The van der Waals surface area contributed by atoms with E-state index in [1.807, 2.05) is 6.20 Å². The lowest BCUT2D eigenvalue weighted by Crippen LogP contribution is -2.46. The highest BCUT2D eigenvalue weighted by Gasteiger charge is 2.40. The van der Waals surface area contributed by atoms with Crippen molar-refractivity contribution in [2.24, 2.45) is 7.05 Å². The smallest absolute Gasteiger partial charge is 0.255 e. The Balaban J connectivity index is 2.13. The van der Waals surface area contributed by atoms with E-state index < -0.39 is 16.1 Å². The molecule has 0 N–H and O–H groups in total. The molecular weight excluding hydrogens is 422 g/mol. The van der Waals surface area contributed by atoms with Gasteiger partial charge in [-0.15, -0.1) is 0 Å². The van der Waals surface area contributed by atoms with Crippen LogP contribution >= 0.6 is 0 Å². The molecule has 5 heteroatoms. The van der Waals surface area contributed by atoms with Crippen molar-refractivity contribution in [1.29, 1.82) is 0 Å². The van der Waals surface area contributed by atoms with Gasteiger partial charge >= 0.3 is 0 Å². The fourth-order valence-electron chi connectivity index (χ4n) is 6.34. The molecule has 0 spiro atoms. The Kier molecular flexibility index (Phi) is 4.67. The van der Waals surface area contributed by atoms with E-state index in [2.05, 4.69) is 111 Å². The molecule has 0 amide bonds. The summed E-state index contributed by atoms with van der Waals surface area (Å²) in [4.78, 5) is 5.04. The van der Waals surface area contributed by atoms with Crippen LogP contribution in [0.5, 0.6) is 0 Å². The van der Waals surface area contributed by atoms with Crippen LogP contribution in [0.1, 0.15) is 16.3 Å². The second-order valence-corrected chi connectivity index (χ2v) is 22.7. The Morgan fingerprint density at radius 2 is 1.47 bits per heavy atom. The van der Waals surface area contributed by atoms with Gasteiger partial charge in [-0.1, -0.05) is 63.5 Å². The molecule has 0 saturated heterocycles. The molecule has 0 aliphatic rings. The van der Waals surface area contributed by atoms with E-state index >= 15 is 0 Å². The van der Waals surface area contributed by atoms with Crippen molar-refractivity contribution in [3.05, 3.63) is 65.9 Å². The number of aromatic nitrogens is 3. The van der Waals surface area contributed by atoms with Gasteiger partial charge in [0.25, 0.3) is 5.65 Å². The maximum atomic E-state index is 5.04. The number of pyridine rings is 2. The summed E-state index contributed by atoms with van der Waals surface area (Å²) in [5, 5.41) is 3.28. The average molecular weight is 457 g/mol. The number of aryl methyl sites for hydroxylation is 2. The Labute approximate surface area is 192 Å². The van der Waals surface area contributed by atoms with Crippen molar-refractivity contribution >= 4 is 54.6 Å². The van der Waals surface area contributed by atoms with Crippen molar-refractivity contribution in [3.63, 3.8) is 0 Å². The van der Waals surface area contributed by atoms with E-state index in [4.69, 9.17) is 4.98 Å². The largest absolute Gasteiger partial charge is 0.297 e. The molecule has 0 saturated carbocycles. The van der Waals surface area contributed by atoms with Crippen LogP contribution in [0.25, 0.3) is 38.5 Å². The van der Waals surface area contributed by atoms with Gasteiger partial charge in [-0.2, -0.15) is 4.40 Å². The molecule has 0 bridgehead atoms. The van der Waals surface area contributed by atoms with E-state index in [0.717, 1.165) is 5.52 Å². The Morgan fingerprint density at radius 1 is 0.812 bits per heavy atom. The molecule has 3 nitrogen and oxygen atoms in total. The van der Waals surface area contributed by atoms with Gasteiger partial charge in [0, 0.05) is 22.3 Å². The highest BCUT2D eigenvalue weighted by Crippen LogP contribution is 2.42. The van der Waals surface area contributed by atoms with Gasteiger partial charge in [-0.3, -0.25) is 4.98 Å². The van der Waals surface area contributed by atoms with Gasteiger partial charge in [0.15, 0.2) is 11.0 Å². The molecule has 3 heterocycles. The van der Waals surface area contributed by atoms with Gasteiger partial charge < -0.3 is 0 Å². The molecule has 0 atom stereocenters. The van der Waals surface area contributed by atoms with Gasteiger partial charge in [0.2, 0.25) is 0 Å². The number of para-hydroxylation sites is 2. The number of benzene rings is 2. The van der Waals surface area contributed by atoms with Crippen LogP contribution in [-0.4, -0.2) is 25.5 Å². The molecule has 164 valence electrons. The number of rotatable bonds is 3. The molecule has 0 fully saturated rings. The summed E-state index contributed by atoms with van der Waals surface area (Å²) in [5.41, 5.74) is 8.98. The summed E-state index contributed by atoms with van der Waals surface area (Å²) in [6, 6.07) is 17.9. The van der Waals surface area contributed by atoms with Crippen molar-refractivity contribution in [2.45, 2.75) is 51.4 Å². The summed E-state index contributed by atoms with van der Waals surface area (Å²) in [6.45, 7) is 17.5. The normalized spacial score (nSPS) is 13.3. The lowest BCUT2D eigenvalue weighted by molar-refractivity contribution is -0.617. The molecule has 5 rings (SSSR count). The summed E-state index contributed by atoms with van der Waals surface area (Å²) in [5.74, 6) is 0. The Hall–Kier alpha value is -2.51. The molecule has 0 unspecified atom stereocenters. The zero-order chi connectivity index (χ0) is 23.0. The number of fused-ring (bicyclic) bond motifs is 8. The first-order valence-electron chi connectivity index (χ1n) is 11.6. The van der Waals surface area contributed by atoms with Gasteiger partial charge in [0.05, 0.1) is 23.3 Å². The van der Waals surface area contributed by atoms with E-state index in [-0.39, 0.29) is 0 Å². The van der Waals surface area contributed by atoms with Crippen molar-refractivity contribution in [1.82, 2.24) is 9.38 Å². The van der Waals surface area contributed by atoms with Crippen molar-refractivity contribution < 1.29 is 4.57 Å². The van der Waals surface area contributed by atoms with Gasteiger partial charge in [-0.25, -0.2) is 4.57 Å². The summed E-state index contributed by atoms with van der Waals surface area (Å²) < 4.78 is 4.82. The zero-order valence-electron chi connectivity index (χ0n) is 20.6. The molecular formula is C27H34N3Si2+. The molecule has 0 radical (unpaired) electrons. The highest BCUT2D eigenvalue weighted by atomic mass is 28.4. The number of imidazole rings is 1. The molecule has 0 aliphatic carbocycles. The minimum absolute atomic E-state index is 0.650. The summed E-state index contributed by atoms with van der Waals surface area (Å²) in [7, 11) is -0.768. The number of hydrogen-bond acceptors (Lipinski definition) is 1. The highest BCUT2D eigenvalue weighted by molar-refractivity contribution is 6.96. The molecule has 0 aliphatic heterocycles. The standard InChI is InChI=1S/C27H34N3Si2/c1-18-16-17-28-25-23(18)26-29(2)20-13-9-10-14-21(20)30(26)22-15-11-12-19(24(22)25)27(31(3,4)5)32(6,7)8/h9-17,27H,1-8H3/q+1. The lowest BCUT2D eigenvalue weighted by atomic mass is 10.0. The monoisotopic (exact) mass is 456 g/mol. The third-order valence-electron chi connectivity index (χ3n) is 6.99. The molecule has 2 aromatic carbocycles. The SMILES string of the molecule is Cc1ccnc2c3c(C([Si](C)(C)C)[Si](C)(C)C)cccc3n3c4ccccc4[n+](C)c3c12. The van der Waals surface area contributed by atoms with E-state index in [1.54, 1.807) is 0 Å². The van der Waals surface area contributed by atoms with Crippen LogP contribution in [0.15, 0.2) is 54.7 Å². The maximum absolute atomic E-state index is 5.04. The first-order chi connectivity index (χ1) is 15.0. The minimum atomic E-state index is -1.48. The fourth-order valence-corrected chi connectivity index (χ4v) is 19.1. The quantitative estimate of drug-likeness (QED) is 0.167. The van der Waals surface area contributed by atoms with Crippen LogP contribution in [0.3, 0.4) is 0 Å². The van der Waals surface area contributed by atoms with E-state index in [9.17, 15) is 0 Å². The summed E-state index contributed by atoms with van der Waals surface area (Å²) in [6.07, 6.45) is 1.99. The average Bonchev–Trinajstić information content (AvgIpc) is 2.99. The van der Waals surface area contributed by atoms with E-state index in [1.165, 1.54) is 44.1 Å². The number of nitrogens with zero attached hydrogens (tertiary/aromatic N) is 3. The molecule has 5 aromatic rings. The summed E-state index contributed by atoms with van der Waals surface area (Å²) >= 11 is 0. The van der Waals surface area contributed by atoms with Crippen LogP contribution in [0, 0.1) is 6.92 Å². The third kappa shape index (κ3) is 2.98. The van der Waals surface area contributed by atoms with Crippen LogP contribution in [0.4, 0.5) is 0 Å². The third-order valence-corrected chi connectivity index (χ3v) is 16.3. The molecule has 32 heavy (non-hydrogen) atoms. The predicted molar refractivity (Wildman–Crippen MR) is 143 cm³/mol. The van der Waals surface area contributed by atoms with Gasteiger partial charge in [-0.05, 0) is 47.5 Å². The van der Waals surface area contributed by atoms with Crippen LogP contribution in [0.2, 0.25) is 39.3 Å². The van der Waals surface area contributed by atoms with Crippen LogP contribution in [-0.2, 0) is 7.05 Å². The second-order valence-electron chi connectivity index (χ2n) is 11.5. The Morgan fingerprint density at radius 3 is 2.16 bits per heavy atom.